The molecule has 0 aliphatic carbocycles. The van der Waals surface area contributed by atoms with Gasteiger partial charge in [0.25, 0.3) is 5.91 Å². The third-order valence-electron chi connectivity index (χ3n) is 3.96. The number of aromatic amines is 1. The molecule has 4 aromatic rings. The number of H-pyrrole nitrogens is 1. The van der Waals surface area contributed by atoms with E-state index >= 15 is 0 Å². The molecule has 118 valence electrons. The molecular weight excluding hydrogens is 368 g/mol. The Morgan fingerprint density at radius 2 is 1.92 bits per heavy atom. The molecule has 2 aromatic heterocycles. The molecule has 6 heteroatoms. The highest BCUT2D eigenvalue weighted by Crippen LogP contribution is 2.33. The number of nitrogens with one attached hydrogen (secondary N) is 2. The third-order valence-corrected chi connectivity index (χ3v) is 4.45. The molecule has 0 atom stereocenters. The molecule has 0 unspecified atom stereocenters. The minimum Gasteiger partial charge on any atom is -0.353 e. The van der Waals surface area contributed by atoms with E-state index in [0.717, 1.165) is 31.8 Å². The molecule has 4 rings (SSSR count). The summed E-state index contributed by atoms with van der Waals surface area (Å²) < 4.78 is 0.944. The lowest BCUT2D eigenvalue weighted by Crippen LogP contribution is -2.30. The van der Waals surface area contributed by atoms with E-state index in [4.69, 9.17) is 5.84 Å². The van der Waals surface area contributed by atoms with Gasteiger partial charge in [0.1, 0.15) is 5.69 Å². The van der Waals surface area contributed by atoms with E-state index in [-0.39, 0.29) is 5.69 Å². The molecule has 2 aromatic carbocycles. The summed E-state index contributed by atoms with van der Waals surface area (Å²) in [6.07, 6.45) is 0. The summed E-state index contributed by atoms with van der Waals surface area (Å²) in [7, 11) is 0. The fraction of sp³-hybridized carbons (Fsp3) is 0. The van der Waals surface area contributed by atoms with Crippen molar-refractivity contribution in [3.63, 3.8) is 0 Å². The lowest BCUT2D eigenvalue weighted by atomic mass is 10.1. The van der Waals surface area contributed by atoms with Crippen molar-refractivity contribution in [2.45, 2.75) is 0 Å². The van der Waals surface area contributed by atoms with Crippen LogP contribution in [-0.2, 0) is 0 Å². The number of nitrogen functional groups attached to an aromatic ring is 1. The Bertz CT molecular complexity index is 1090. The normalized spacial score (nSPS) is 11.1. The second kappa shape index (κ2) is 5.74. The standard InChI is InChI=1S/C18H13BrN4O/c19-11-5-3-4-10(8-11)16-17-13(9-15(22-16)18(24)23-20)12-6-1-2-7-14(12)21-17/h1-9,21H,20H2,(H,23,24). The van der Waals surface area contributed by atoms with Crippen LogP contribution in [0.3, 0.4) is 0 Å². The number of hydrazine groups is 1. The molecule has 0 aliphatic heterocycles. The van der Waals surface area contributed by atoms with Gasteiger partial charge in [-0.25, -0.2) is 10.8 Å². The fourth-order valence-electron chi connectivity index (χ4n) is 2.88. The first-order valence-electron chi connectivity index (χ1n) is 7.36. The molecule has 4 N–H and O–H groups in total. The highest BCUT2D eigenvalue weighted by Gasteiger charge is 2.16. The number of carbonyl (C=O) groups excluding carboxylic acids is 1. The van der Waals surface area contributed by atoms with E-state index < -0.39 is 5.91 Å². The van der Waals surface area contributed by atoms with Crippen molar-refractivity contribution in [1.82, 2.24) is 15.4 Å². The number of aromatic nitrogens is 2. The Kier molecular flexibility index (Phi) is 3.55. The summed E-state index contributed by atoms with van der Waals surface area (Å²) in [4.78, 5) is 20.0. The number of pyridine rings is 1. The first-order chi connectivity index (χ1) is 11.7. The summed E-state index contributed by atoms with van der Waals surface area (Å²) >= 11 is 3.48. The van der Waals surface area contributed by atoms with Crippen LogP contribution in [0.1, 0.15) is 10.5 Å². The van der Waals surface area contributed by atoms with Crippen LogP contribution in [-0.4, -0.2) is 15.9 Å². The van der Waals surface area contributed by atoms with Gasteiger partial charge in [0.2, 0.25) is 0 Å². The lowest BCUT2D eigenvalue weighted by Gasteiger charge is -2.07. The van der Waals surface area contributed by atoms with Crippen molar-refractivity contribution in [2.24, 2.45) is 5.84 Å². The van der Waals surface area contributed by atoms with E-state index in [0.29, 0.717) is 5.69 Å². The maximum absolute atomic E-state index is 12.0. The molecular formula is C18H13BrN4O. The number of fused-ring (bicyclic) bond motifs is 3. The van der Waals surface area contributed by atoms with Crippen LogP contribution in [0.25, 0.3) is 33.1 Å². The average molecular weight is 381 g/mol. The van der Waals surface area contributed by atoms with Crippen molar-refractivity contribution < 1.29 is 4.79 Å². The second-order valence-electron chi connectivity index (χ2n) is 5.43. The first-order valence-corrected chi connectivity index (χ1v) is 8.15. The summed E-state index contributed by atoms with van der Waals surface area (Å²) in [6.45, 7) is 0. The van der Waals surface area contributed by atoms with Gasteiger partial charge in [-0.15, -0.1) is 0 Å². The minimum absolute atomic E-state index is 0.282. The maximum Gasteiger partial charge on any atom is 0.283 e. The Balaban J connectivity index is 2.12. The zero-order valence-electron chi connectivity index (χ0n) is 12.5. The molecule has 5 nitrogen and oxygen atoms in total. The van der Waals surface area contributed by atoms with Gasteiger partial charge in [-0.3, -0.25) is 10.2 Å². The SMILES string of the molecule is NNC(=O)c1cc2c([nH]c3ccccc32)c(-c2cccc(Br)c2)n1. The molecule has 2 heterocycles. The number of para-hydroxylation sites is 1. The zero-order chi connectivity index (χ0) is 16.7. The number of amides is 1. The van der Waals surface area contributed by atoms with Crippen molar-refractivity contribution in [2.75, 3.05) is 0 Å². The Hall–Kier alpha value is -2.70. The first kappa shape index (κ1) is 14.9. The molecule has 0 radical (unpaired) electrons. The van der Waals surface area contributed by atoms with Crippen LogP contribution < -0.4 is 11.3 Å². The van der Waals surface area contributed by atoms with Crippen molar-refractivity contribution >= 4 is 43.6 Å². The maximum atomic E-state index is 12.0. The summed E-state index contributed by atoms with van der Waals surface area (Å²) in [5.41, 5.74) is 5.95. The largest absolute Gasteiger partial charge is 0.353 e. The summed E-state index contributed by atoms with van der Waals surface area (Å²) in [6, 6.07) is 17.5. The van der Waals surface area contributed by atoms with Gasteiger partial charge in [0.15, 0.2) is 0 Å². The minimum atomic E-state index is -0.418. The van der Waals surface area contributed by atoms with Crippen molar-refractivity contribution in [3.05, 3.63) is 64.8 Å². The fourth-order valence-corrected chi connectivity index (χ4v) is 3.28. The Morgan fingerprint density at radius 3 is 2.71 bits per heavy atom. The molecule has 0 bridgehead atoms. The number of hydrogen-bond donors (Lipinski definition) is 3. The number of rotatable bonds is 2. The quantitative estimate of drug-likeness (QED) is 0.281. The van der Waals surface area contributed by atoms with Gasteiger partial charge in [0.05, 0.1) is 11.2 Å². The number of halogens is 1. The zero-order valence-corrected chi connectivity index (χ0v) is 14.1. The highest BCUT2D eigenvalue weighted by molar-refractivity contribution is 9.10. The predicted octanol–water partition coefficient (Wildman–Crippen LogP) is 3.75. The number of hydrogen-bond acceptors (Lipinski definition) is 3. The van der Waals surface area contributed by atoms with Crippen LogP contribution in [0, 0.1) is 0 Å². The monoisotopic (exact) mass is 380 g/mol. The van der Waals surface area contributed by atoms with E-state index in [1.54, 1.807) is 6.07 Å². The van der Waals surface area contributed by atoms with Gasteiger partial charge < -0.3 is 4.98 Å². The molecule has 0 saturated heterocycles. The summed E-state index contributed by atoms with van der Waals surface area (Å²) in [5.74, 6) is 4.88. The van der Waals surface area contributed by atoms with Crippen LogP contribution >= 0.6 is 15.9 Å². The van der Waals surface area contributed by atoms with Crippen molar-refractivity contribution in [1.29, 1.82) is 0 Å². The van der Waals surface area contributed by atoms with Gasteiger partial charge >= 0.3 is 0 Å². The molecule has 0 spiro atoms. The number of benzene rings is 2. The highest BCUT2D eigenvalue weighted by atomic mass is 79.9. The van der Waals surface area contributed by atoms with Gasteiger partial charge in [0, 0.05) is 26.3 Å². The smallest absolute Gasteiger partial charge is 0.283 e. The lowest BCUT2D eigenvalue weighted by molar-refractivity contribution is 0.0949. The average Bonchev–Trinajstić information content (AvgIpc) is 2.99. The van der Waals surface area contributed by atoms with Gasteiger partial charge in [-0.1, -0.05) is 46.3 Å². The topological polar surface area (TPSA) is 83.8 Å². The van der Waals surface area contributed by atoms with Crippen LogP contribution in [0.2, 0.25) is 0 Å². The van der Waals surface area contributed by atoms with Crippen LogP contribution in [0.4, 0.5) is 0 Å². The van der Waals surface area contributed by atoms with Gasteiger partial charge in [-0.05, 0) is 24.3 Å². The van der Waals surface area contributed by atoms with E-state index in [1.165, 1.54) is 0 Å². The van der Waals surface area contributed by atoms with E-state index in [2.05, 4.69) is 31.3 Å². The van der Waals surface area contributed by atoms with Crippen LogP contribution in [0.5, 0.6) is 0 Å². The van der Waals surface area contributed by atoms with Crippen LogP contribution in [0.15, 0.2) is 59.1 Å². The number of carbonyl (C=O) groups is 1. The Labute approximate surface area is 146 Å². The number of nitrogens with two attached hydrogens (primary N) is 1. The second-order valence-corrected chi connectivity index (χ2v) is 6.35. The Morgan fingerprint density at radius 1 is 1.08 bits per heavy atom. The molecule has 0 aliphatic rings. The van der Waals surface area contributed by atoms with E-state index in [9.17, 15) is 4.79 Å². The predicted molar refractivity (Wildman–Crippen MR) is 98.4 cm³/mol. The molecule has 24 heavy (non-hydrogen) atoms. The third kappa shape index (κ3) is 2.36. The molecule has 0 fully saturated rings. The van der Waals surface area contributed by atoms with E-state index in [1.807, 2.05) is 48.5 Å². The van der Waals surface area contributed by atoms with Crippen molar-refractivity contribution in [3.8, 4) is 11.3 Å². The molecule has 1 amide bonds. The number of nitrogens with zero attached hydrogens (tertiary/aromatic N) is 1. The summed E-state index contributed by atoms with van der Waals surface area (Å²) in [5, 5.41) is 1.98. The van der Waals surface area contributed by atoms with Gasteiger partial charge in [-0.2, -0.15) is 0 Å². The molecule has 0 saturated carbocycles.